The maximum atomic E-state index is 3.81. The first-order valence-electron chi connectivity index (χ1n) is 7.48. The van der Waals surface area contributed by atoms with Gasteiger partial charge in [0.05, 0.1) is 0 Å². The third kappa shape index (κ3) is 2.85. The van der Waals surface area contributed by atoms with Crippen molar-refractivity contribution in [2.45, 2.75) is 51.6 Å². The fourth-order valence-corrected chi connectivity index (χ4v) is 4.36. The zero-order valence-corrected chi connectivity index (χ0v) is 12.7. The number of thiophene rings is 1. The molecule has 0 amide bonds. The summed E-state index contributed by atoms with van der Waals surface area (Å²) in [6.07, 6.45) is 5.67. The van der Waals surface area contributed by atoms with Crippen LogP contribution in [0.1, 0.15) is 50.4 Å². The lowest BCUT2D eigenvalue weighted by atomic mass is 9.99. The van der Waals surface area contributed by atoms with Gasteiger partial charge in [-0.15, -0.1) is 11.3 Å². The van der Waals surface area contributed by atoms with E-state index in [0.717, 1.165) is 5.92 Å². The van der Waals surface area contributed by atoms with Crippen molar-refractivity contribution in [2.24, 2.45) is 5.92 Å². The molecule has 1 fully saturated rings. The topological polar surface area (TPSA) is 12.0 Å². The molecule has 1 aliphatic carbocycles. The molecular formula is C17H23NS. The van der Waals surface area contributed by atoms with Crippen molar-refractivity contribution >= 4 is 21.4 Å². The van der Waals surface area contributed by atoms with Gasteiger partial charge < -0.3 is 5.32 Å². The van der Waals surface area contributed by atoms with Gasteiger partial charge in [-0.05, 0) is 50.1 Å². The standard InChI is InChI=1S/C17H23NS/c1-12(14-7-3-4-8-14)18-13(2)17-11-15-9-5-6-10-16(15)19-17/h5-6,9-14,18H,3-4,7-8H2,1-2H3/t12-,13?/m1/s1. The lowest BCUT2D eigenvalue weighted by Crippen LogP contribution is -2.33. The molecular weight excluding hydrogens is 250 g/mol. The van der Waals surface area contributed by atoms with Crippen LogP contribution in [-0.2, 0) is 0 Å². The second-order valence-corrected chi connectivity index (χ2v) is 7.02. The van der Waals surface area contributed by atoms with Crippen molar-refractivity contribution in [3.05, 3.63) is 35.2 Å². The van der Waals surface area contributed by atoms with Crippen molar-refractivity contribution in [1.29, 1.82) is 0 Å². The van der Waals surface area contributed by atoms with Crippen LogP contribution in [0.3, 0.4) is 0 Å². The molecule has 1 unspecified atom stereocenters. The first kappa shape index (κ1) is 13.1. The van der Waals surface area contributed by atoms with Gasteiger partial charge in [0.1, 0.15) is 0 Å². The summed E-state index contributed by atoms with van der Waals surface area (Å²) in [5.41, 5.74) is 0. The van der Waals surface area contributed by atoms with Crippen LogP contribution in [0.4, 0.5) is 0 Å². The number of nitrogens with one attached hydrogen (secondary N) is 1. The van der Waals surface area contributed by atoms with Crippen LogP contribution in [0.5, 0.6) is 0 Å². The molecule has 1 aliphatic rings. The number of fused-ring (bicyclic) bond motifs is 1. The Balaban J connectivity index is 1.70. The Labute approximate surface area is 120 Å². The van der Waals surface area contributed by atoms with Crippen LogP contribution < -0.4 is 5.32 Å². The zero-order valence-electron chi connectivity index (χ0n) is 11.9. The Morgan fingerprint density at radius 1 is 1.16 bits per heavy atom. The number of rotatable bonds is 4. The Bertz CT molecular complexity index is 506. The Morgan fingerprint density at radius 2 is 1.89 bits per heavy atom. The van der Waals surface area contributed by atoms with E-state index in [2.05, 4.69) is 49.5 Å². The van der Waals surface area contributed by atoms with E-state index >= 15 is 0 Å². The SMILES string of the molecule is CC(N[C@H](C)C1CCCC1)c1cc2ccccc2s1. The molecule has 2 aromatic rings. The maximum absolute atomic E-state index is 3.81. The third-order valence-corrected chi connectivity index (χ3v) is 5.79. The van der Waals surface area contributed by atoms with Crippen molar-refractivity contribution in [3.63, 3.8) is 0 Å². The van der Waals surface area contributed by atoms with Gasteiger partial charge >= 0.3 is 0 Å². The van der Waals surface area contributed by atoms with E-state index in [0.29, 0.717) is 12.1 Å². The average Bonchev–Trinajstić information content (AvgIpc) is 3.07. The molecule has 0 saturated heterocycles. The Kier molecular flexibility index (Phi) is 3.90. The van der Waals surface area contributed by atoms with Gasteiger partial charge in [-0.2, -0.15) is 0 Å². The predicted octanol–water partition coefficient (Wildman–Crippen LogP) is 5.13. The Hall–Kier alpha value is -0.860. The minimum Gasteiger partial charge on any atom is -0.307 e. The minimum absolute atomic E-state index is 0.466. The normalized spacial score (nSPS) is 19.9. The van der Waals surface area contributed by atoms with Crippen molar-refractivity contribution in [1.82, 2.24) is 5.32 Å². The number of hydrogen-bond donors (Lipinski definition) is 1. The molecule has 1 heterocycles. The van der Waals surface area contributed by atoms with Crippen molar-refractivity contribution in [2.75, 3.05) is 0 Å². The van der Waals surface area contributed by atoms with E-state index < -0.39 is 0 Å². The number of hydrogen-bond acceptors (Lipinski definition) is 2. The van der Waals surface area contributed by atoms with Crippen LogP contribution in [-0.4, -0.2) is 6.04 Å². The molecule has 1 saturated carbocycles. The molecule has 0 aliphatic heterocycles. The van der Waals surface area contributed by atoms with Gasteiger partial charge in [0.2, 0.25) is 0 Å². The molecule has 1 aromatic heterocycles. The maximum Gasteiger partial charge on any atom is 0.0388 e. The first-order valence-corrected chi connectivity index (χ1v) is 8.30. The van der Waals surface area contributed by atoms with Crippen LogP contribution in [0, 0.1) is 5.92 Å². The molecule has 3 rings (SSSR count). The van der Waals surface area contributed by atoms with Gasteiger partial charge in [0, 0.05) is 21.7 Å². The second-order valence-electron chi connectivity index (χ2n) is 5.91. The largest absolute Gasteiger partial charge is 0.307 e. The van der Waals surface area contributed by atoms with Gasteiger partial charge in [-0.1, -0.05) is 31.0 Å². The van der Waals surface area contributed by atoms with Gasteiger partial charge in [-0.25, -0.2) is 0 Å². The molecule has 1 nitrogen and oxygen atoms in total. The molecule has 2 heteroatoms. The number of benzene rings is 1. The summed E-state index contributed by atoms with van der Waals surface area (Å²) >= 11 is 1.93. The van der Waals surface area contributed by atoms with Crippen LogP contribution in [0.2, 0.25) is 0 Å². The van der Waals surface area contributed by atoms with Gasteiger partial charge in [0.15, 0.2) is 0 Å². The van der Waals surface area contributed by atoms with Crippen LogP contribution in [0.15, 0.2) is 30.3 Å². The summed E-state index contributed by atoms with van der Waals surface area (Å²) in [7, 11) is 0. The second kappa shape index (κ2) is 5.64. The highest BCUT2D eigenvalue weighted by molar-refractivity contribution is 7.19. The molecule has 102 valence electrons. The fourth-order valence-electron chi connectivity index (χ4n) is 3.29. The van der Waals surface area contributed by atoms with E-state index in [9.17, 15) is 0 Å². The van der Waals surface area contributed by atoms with Crippen LogP contribution in [0.25, 0.3) is 10.1 Å². The van der Waals surface area contributed by atoms with Crippen molar-refractivity contribution in [3.8, 4) is 0 Å². The van der Waals surface area contributed by atoms with E-state index in [1.165, 1.54) is 40.6 Å². The summed E-state index contributed by atoms with van der Waals surface area (Å²) in [4.78, 5) is 1.46. The highest BCUT2D eigenvalue weighted by atomic mass is 32.1. The monoisotopic (exact) mass is 273 g/mol. The van der Waals surface area contributed by atoms with Crippen LogP contribution >= 0.6 is 11.3 Å². The molecule has 1 aromatic carbocycles. The summed E-state index contributed by atoms with van der Waals surface area (Å²) in [6.45, 7) is 4.66. The minimum atomic E-state index is 0.466. The van der Waals surface area contributed by atoms with E-state index in [-0.39, 0.29) is 0 Å². The van der Waals surface area contributed by atoms with E-state index in [1.54, 1.807) is 0 Å². The zero-order chi connectivity index (χ0) is 13.2. The molecule has 0 radical (unpaired) electrons. The molecule has 19 heavy (non-hydrogen) atoms. The molecule has 1 N–H and O–H groups in total. The smallest absolute Gasteiger partial charge is 0.0388 e. The third-order valence-electron chi connectivity index (χ3n) is 4.49. The molecule has 2 atom stereocenters. The summed E-state index contributed by atoms with van der Waals surface area (Å²) in [5.74, 6) is 0.886. The van der Waals surface area contributed by atoms with Crippen molar-refractivity contribution < 1.29 is 0 Å². The lowest BCUT2D eigenvalue weighted by molar-refractivity contribution is 0.354. The molecule has 0 bridgehead atoms. The van der Waals surface area contributed by atoms with Gasteiger partial charge in [-0.3, -0.25) is 0 Å². The summed E-state index contributed by atoms with van der Waals surface area (Å²) in [6, 6.07) is 12.1. The fraction of sp³-hybridized carbons (Fsp3) is 0.529. The van der Waals surface area contributed by atoms with Gasteiger partial charge in [0.25, 0.3) is 0 Å². The first-order chi connectivity index (χ1) is 9.24. The molecule has 0 spiro atoms. The van der Waals surface area contributed by atoms with E-state index in [1.807, 2.05) is 11.3 Å². The predicted molar refractivity (Wildman–Crippen MR) is 84.8 cm³/mol. The lowest BCUT2D eigenvalue weighted by Gasteiger charge is -2.24. The average molecular weight is 273 g/mol. The summed E-state index contributed by atoms with van der Waals surface area (Å²) in [5, 5.41) is 5.19. The highest BCUT2D eigenvalue weighted by Crippen LogP contribution is 2.32. The van der Waals surface area contributed by atoms with E-state index in [4.69, 9.17) is 0 Å². The Morgan fingerprint density at radius 3 is 2.63 bits per heavy atom. The highest BCUT2D eigenvalue weighted by Gasteiger charge is 2.23. The summed E-state index contributed by atoms with van der Waals surface area (Å²) < 4.78 is 1.40. The quantitative estimate of drug-likeness (QED) is 0.814.